The standard InChI is InChI=1S/C49H84NO10P/c1-3-5-7-9-11-13-15-17-19-21-23-25-27-29-31-33-35-37-39-41-48(52)60-45(43-58-61(55,56)59-44-46(50)49(53)54)42-57-47(51)40-38-36-34-32-30-28-26-24-22-20-18-16-14-12-10-8-6-4-2/h5,7,11,13,17,19,23,25,29,31,35,37,45-46H,3-4,6,8-10,12,14-16,18,20-22,24,26-28,30,32-34,36,38-44,50H2,1-2H3,(H,53,54)(H,55,56). The number of hydrogen-bond acceptors (Lipinski definition) is 9. The number of allylic oxidation sites excluding steroid dienone is 12. The van der Waals surface area contributed by atoms with Crippen molar-refractivity contribution in [2.75, 3.05) is 19.8 Å². The van der Waals surface area contributed by atoms with Crippen LogP contribution in [0, 0.1) is 0 Å². The first kappa shape index (κ1) is 57.9. The molecule has 0 rings (SSSR count). The van der Waals surface area contributed by atoms with E-state index < -0.39 is 51.1 Å². The summed E-state index contributed by atoms with van der Waals surface area (Å²) in [6, 6.07) is -1.54. The van der Waals surface area contributed by atoms with Crippen molar-refractivity contribution in [2.45, 2.75) is 199 Å². The highest BCUT2D eigenvalue weighted by molar-refractivity contribution is 7.47. The van der Waals surface area contributed by atoms with Gasteiger partial charge in [0.2, 0.25) is 0 Å². The highest BCUT2D eigenvalue weighted by Crippen LogP contribution is 2.43. The molecule has 12 heteroatoms. The number of carboxylic acid groups (broad SMARTS) is 1. The number of nitrogens with two attached hydrogens (primary N) is 1. The van der Waals surface area contributed by atoms with Crippen LogP contribution in [0.5, 0.6) is 0 Å². The van der Waals surface area contributed by atoms with Gasteiger partial charge in [-0.1, -0.05) is 196 Å². The lowest BCUT2D eigenvalue weighted by Gasteiger charge is -2.20. The van der Waals surface area contributed by atoms with Crippen LogP contribution in [0.1, 0.15) is 187 Å². The van der Waals surface area contributed by atoms with Crippen molar-refractivity contribution in [3.63, 3.8) is 0 Å². The van der Waals surface area contributed by atoms with Gasteiger partial charge in [-0.25, -0.2) is 4.57 Å². The quantitative estimate of drug-likeness (QED) is 0.0230. The summed E-state index contributed by atoms with van der Waals surface area (Å²) in [7, 11) is -4.74. The minimum Gasteiger partial charge on any atom is -0.480 e. The third-order valence-electron chi connectivity index (χ3n) is 9.73. The Balaban J connectivity index is 4.43. The second-order valence-electron chi connectivity index (χ2n) is 15.5. The molecule has 0 aromatic heterocycles. The maximum Gasteiger partial charge on any atom is 0.472 e. The number of carboxylic acids is 1. The predicted octanol–water partition coefficient (Wildman–Crippen LogP) is 12.9. The van der Waals surface area contributed by atoms with Crippen molar-refractivity contribution in [1.82, 2.24) is 0 Å². The highest BCUT2D eigenvalue weighted by Gasteiger charge is 2.28. The molecule has 61 heavy (non-hydrogen) atoms. The minimum atomic E-state index is -4.74. The van der Waals surface area contributed by atoms with E-state index in [1.165, 1.54) is 89.9 Å². The fourth-order valence-electron chi connectivity index (χ4n) is 6.09. The van der Waals surface area contributed by atoms with Gasteiger partial charge < -0.3 is 25.2 Å². The van der Waals surface area contributed by atoms with Gasteiger partial charge in [0.25, 0.3) is 0 Å². The van der Waals surface area contributed by atoms with Crippen LogP contribution in [0.3, 0.4) is 0 Å². The minimum absolute atomic E-state index is 0.0344. The smallest absolute Gasteiger partial charge is 0.472 e. The Bertz CT molecular complexity index is 1310. The largest absolute Gasteiger partial charge is 0.480 e. The molecular weight excluding hydrogens is 794 g/mol. The van der Waals surface area contributed by atoms with E-state index in [2.05, 4.69) is 73.1 Å². The Morgan fingerprint density at radius 2 is 0.918 bits per heavy atom. The number of hydrogen-bond donors (Lipinski definition) is 3. The lowest BCUT2D eigenvalue weighted by Crippen LogP contribution is -2.34. The van der Waals surface area contributed by atoms with E-state index in [4.69, 9.17) is 24.8 Å². The first-order valence-corrected chi connectivity index (χ1v) is 25.0. The number of unbranched alkanes of at least 4 members (excludes halogenated alkanes) is 17. The molecule has 0 spiro atoms. The lowest BCUT2D eigenvalue weighted by molar-refractivity contribution is -0.161. The molecule has 0 bridgehead atoms. The van der Waals surface area contributed by atoms with Gasteiger partial charge >= 0.3 is 25.7 Å². The molecule has 350 valence electrons. The number of aliphatic carboxylic acids is 1. The average Bonchev–Trinajstić information content (AvgIpc) is 3.24. The fraction of sp³-hybridized carbons (Fsp3) is 0.694. The molecule has 3 unspecified atom stereocenters. The third kappa shape index (κ3) is 43.4. The molecule has 0 aliphatic heterocycles. The van der Waals surface area contributed by atoms with Crippen molar-refractivity contribution in [2.24, 2.45) is 5.73 Å². The molecule has 0 aromatic rings. The van der Waals surface area contributed by atoms with Gasteiger partial charge in [-0.2, -0.15) is 0 Å². The van der Waals surface area contributed by atoms with Crippen LogP contribution < -0.4 is 5.73 Å². The molecule has 0 aromatic carbocycles. The highest BCUT2D eigenvalue weighted by atomic mass is 31.2. The van der Waals surface area contributed by atoms with Crippen molar-refractivity contribution < 1.29 is 47.5 Å². The molecule has 0 radical (unpaired) electrons. The third-order valence-corrected chi connectivity index (χ3v) is 10.7. The predicted molar refractivity (Wildman–Crippen MR) is 249 cm³/mol. The topological polar surface area (TPSA) is 172 Å². The first-order valence-electron chi connectivity index (χ1n) is 23.5. The summed E-state index contributed by atoms with van der Waals surface area (Å²) in [6.45, 7) is 2.63. The monoisotopic (exact) mass is 878 g/mol. The van der Waals surface area contributed by atoms with Gasteiger partial charge in [-0.15, -0.1) is 0 Å². The van der Waals surface area contributed by atoms with Crippen molar-refractivity contribution in [1.29, 1.82) is 0 Å². The normalized spacial score (nSPS) is 14.3. The Kier molecular flexibility index (Phi) is 41.4. The zero-order valence-corrected chi connectivity index (χ0v) is 38.9. The molecule has 0 saturated heterocycles. The van der Waals surface area contributed by atoms with E-state index in [0.29, 0.717) is 19.3 Å². The fourth-order valence-corrected chi connectivity index (χ4v) is 6.87. The summed E-state index contributed by atoms with van der Waals surface area (Å²) < 4.78 is 32.7. The van der Waals surface area contributed by atoms with E-state index in [1.54, 1.807) is 0 Å². The van der Waals surface area contributed by atoms with E-state index in [1.807, 2.05) is 18.2 Å². The average molecular weight is 878 g/mol. The van der Waals surface area contributed by atoms with E-state index in [9.17, 15) is 23.8 Å². The van der Waals surface area contributed by atoms with Gasteiger partial charge in [-0.05, 0) is 51.4 Å². The van der Waals surface area contributed by atoms with E-state index >= 15 is 0 Å². The number of carbonyl (C=O) groups is 3. The van der Waals surface area contributed by atoms with Gasteiger partial charge in [0.15, 0.2) is 6.10 Å². The molecule has 0 heterocycles. The Labute approximate surface area is 370 Å². The summed E-state index contributed by atoms with van der Waals surface area (Å²) in [4.78, 5) is 46.0. The van der Waals surface area contributed by atoms with Crippen LogP contribution >= 0.6 is 7.82 Å². The molecule has 0 saturated carbocycles. The number of carbonyl (C=O) groups excluding carboxylic acids is 2. The maximum absolute atomic E-state index is 12.6. The second kappa shape index (κ2) is 43.6. The molecule has 4 N–H and O–H groups in total. The van der Waals surface area contributed by atoms with Gasteiger partial charge in [-0.3, -0.25) is 23.4 Å². The number of phosphoric ester groups is 1. The molecular formula is C49H84NO10P. The molecule has 0 fully saturated rings. The van der Waals surface area contributed by atoms with Crippen LogP contribution in [-0.4, -0.2) is 59.9 Å². The Morgan fingerprint density at radius 3 is 1.34 bits per heavy atom. The number of phosphoric acid groups is 1. The lowest BCUT2D eigenvalue weighted by atomic mass is 10.0. The summed E-state index contributed by atoms with van der Waals surface area (Å²) in [5, 5.41) is 8.90. The molecule has 0 aliphatic rings. The number of ether oxygens (including phenoxy) is 2. The van der Waals surface area contributed by atoms with Gasteiger partial charge in [0, 0.05) is 12.8 Å². The number of rotatable bonds is 43. The molecule has 0 amide bonds. The Morgan fingerprint density at radius 1 is 0.525 bits per heavy atom. The van der Waals surface area contributed by atoms with E-state index in [0.717, 1.165) is 51.4 Å². The van der Waals surface area contributed by atoms with Gasteiger partial charge in [0.1, 0.15) is 12.6 Å². The summed E-state index contributed by atoms with van der Waals surface area (Å²) in [6.07, 6.45) is 52.7. The zero-order valence-electron chi connectivity index (χ0n) is 38.0. The van der Waals surface area contributed by atoms with Crippen LogP contribution in [0.15, 0.2) is 72.9 Å². The van der Waals surface area contributed by atoms with Crippen molar-refractivity contribution in [3.8, 4) is 0 Å². The van der Waals surface area contributed by atoms with Crippen molar-refractivity contribution >= 4 is 25.7 Å². The zero-order chi connectivity index (χ0) is 44.9. The summed E-state index contributed by atoms with van der Waals surface area (Å²) >= 11 is 0. The molecule has 0 aliphatic carbocycles. The maximum atomic E-state index is 12.6. The molecule has 3 atom stereocenters. The van der Waals surface area contributed by atoms with Crippen LogP contribution in [-0.2, 0) is 37.5 Å². The van der Waals surface area contributed by atoms with Crippen LogP contribution in [0.25, 0.3) is 0 Å². The first-order chi connectivity index (χ1) is 29.6. The van der Waals surface area contributed by atoms with Crippen LogP contribution in [0.2, 0.25) is 0 Å². The van der Waals surface area contributed by atoms with Crippen molar-refractivity contribution in [3.05, 3.63) is 72.9 Å². The van der Waals surface area contributed by atoms with Crippen LogP contribution in [0.4, 0.5) is 0 Å². The molecule has 11 nitrogen and oxygen atoms in total. The summed E-state index contributed by atoms with van der Waals surface area (Å²) in [5.74, 6) is -2.49. The van der Waals surface area contributed by atoms with E-state index in [-0.39, 0.29) is 19.4 Å². The second-order valence-corrected chi connectivity index (χ2v) is 17.0. The Hall–Kier alpha value is -3.08. The summed E-state index contributed by atoms with van der Waals surface area (Å²) in [5.41, 5.74) is 5.34. The van der Waals surface area contributed by atoms with Gasteiger partial charge in [0.05, 0.1) is 13.2 Å². The SMILES string of the molecule is CCC=CCC=CCC=CCC=CCC=CCC=CCCC(=O)OC(COC(=O)CCCCCCCCCCCCCCCCCCCC)COP(=O)(O)OCC(N)C(=O)O. The number of esters is 2.